The molecule has 1 N–H and O–H groups in total. The molecule has 25 heavy (non-hydrogen) atoms. The van der Waals surface area contributed by atoms with Gasteiger partial charge in [-0.05, 0) is 51.5 Å². The summed E-state index contributed by atoms with van der Waals surface area (Å²) in [6, 6.07) is 4.54. The van der Waals surface area contributed by atoms with Crippen LogP contribution in [0.5, 0.6) is 0 Å². The lowest BCUT2D eigenvalue weighted by Gasteiger charge is -2.19. The van der Waals surface area contributed by atoms with Gasteiger partial charge in [0.2, 0.25) is 0 Å². The second kappa shape index (κ2) is 7.70. The Labute approximate surface area is 150 Å². The standard InChI is InChI=1S/C18H20ClFN2O3/c1-11-7-14(22-25-11)6-5-12-8-13(16(20)9-15(12)19)10-21-17(23)24-18(2,3)4/h5-9H,10H2,1-4H3,(H,21,23). The van der Waals surface area contributed by atoms with E-state index in [1.807, 2.05) is 0 Å². The van der Waals surface area contributed by atoms with Gasteiger partial charge in [-0.3, -0.25) is 0 Å². The minimum Gasteiger partial charge on any atom is -0.444 e. The highest BCUT2D eigenvalue weighted by molar-refractivity contribution is 6.32. The van der Waals surface area contributed by atoms with Crippen LogP contribution < -0.4 is 5.32 Å². The maximum Gasteiger partial charge on any atom is 0.407 e. The van der Waals surface area contributed by atoms with Crippen LogP contribution in [-0.4, -0.2) is 16.9 Å². The Hall–Kier alpha value is -2.34. The van der Waals surface area contributed by atoms with Gasteiger partial charge in [-0.1, -0.05) is 22.8 Å². The Kier molecular flexibility index (Phi) is 5.85. The highest BCUT2D eigenvalue weighted by Crippen LogP contribution is 2.23. The molecule has 0 saturated heterocycles. The van der Waals surface area contributed by atoms with E-state index in [1.54, 1.807) is 52.0 Å². The predicted molar refractivity (Wildman–Crippen MR) is 94.7 cm³/mol. The Bertz CT molecular complexity index is 794. The molecule has 5 nitrogen and oxygen atoms in total. The van der Waals surface area contributed by atoms with E-state index in [9.17, 15) is 9.18 Å². The molecule has 134 valence electrons. The van der Waals surface area contributed by atoms with Crippen molar-refractivity contribution in [3.05, 3.63) is 51.6 Å². The molecule has 0 aliphatic carbocycles. The monoisotopic (exact) mass is 366 g/mol. The fourth-order valence-corrected chi connectivity index (χ4v) is 2.21. The van der Waals surface area contributed by atoms with Gasteiger partial charge in [-0.25, -0.2) is 9.18 Å². The Morgan fingerprint density at radius 1 is 1.36 bits per heavy atom. The molecule has 0 aliphatic heterocycles. The van der Waals surface area contributed by atoms with Crippen molar-refractivity contribution in [1.82, 2.24) is 10.5 Å². The SMILES string of the molecule is Cc1cc(C=Cc2cc(CNC(=O)OC(C)(C)C)c(F)cc2Cl)no1. The van der Waals surface area contributed by atoms with E-state index in [0.29, 0.717) is 22.6 Å². The molecule has 0 spiro atoms. The van der Waals surface area contributed by atoms with Gasteiger partial charge < -0.3 is 14.6 Å². The van der Waals surface area contributed by atoms with Gasteiger partial charge in [0.15, 0.2) is 0 Å². The van der Waals surface area contributed by atoms with Crippen LogP contribution in [0.15, 0.2) is 22.7 Å². The number of rotatable bonds is 4. The van der Waals surface area contributed by atoms with E-state index in [-0.39, 0.29) is 11.6 Å². The Morgan fingerprint density at radius 2 is 2.08 bits per heavy atom. The molecule has 1 aromatic carbocycles. The molecule has 0 bridgehead atoms. The lowest BCUT2D eigenvalue weighted by atomic mass is 10.1. The molecule has 0 radical (unpaired) electrons. The third-order valence-electron chi connectivity index (χ3n) is 3.07. The van der Waals surface area contributed by atoms with E-state index in [2.05, 4.69) is 10.5 Å². The zero-order valence-electron chi connectivity index (χ0n) is 14.5. The van der Waals surface area contributed by atoms with Gasteiger partial charge in [-0.15, -0.1) is 0 Å². The predicted octanol–water partition coefficient (Wildman–Crippen LogP) is 4.97. The fourth-order valence-electron chi connectivity index (χ4n) is 2.00. The van der Waals surface area contributed by atoms with E-state index in [4.69, 9.17) is 20.9 Å². The number of aryl methyl sites for hydroxylation is 1. The number of ether oxygens (including phenoxy) is 1. The average molecular weight is 367 g/mol. The smallest absolute Gasteiger partial charge is 0.407 e. The number of nitrogens with zero attached hydrogens (tertiary/aromatic N) is 1. The number of hydrogen-bond acceptors (Lipinski definition) is 4. The molecule has 1 amide bonds. The first-order valence-electron chi connectivity index (χ1n) is 7.70. The van der Waals surface area contributed by atoms with Crippen LogP contribution in [0.3, 0.4) is 0 Å². The molecular formula is C18H20ClFN2O3. The van der Waals surface area contributed by atoms with Crippen LogP contribution in [0.4, 0.5) is 9.18 Å². The second-order valence-electron chi connectivity index (χ2n) is 6.52. The zero-order valence-corrected chi connectivity index (χ0v) is 15.3. The maximum absolute atomic E-state index is 14.1. The quantitative estimate of drug-likeness (QED) is 0.829. The topological polar surface area (TPSA) is 64.4 Å². The summed E-state index contributed by atoms with van der Waals surface area (Å²) in [4.78, 5) is 11.7. The van der Waals surface area contributed by atoms with Crippen LogP contribution in [-0.2, 0) is 11.3 Å². The van der Waals surface area contributed by atoms with Crippen LogP contribution in [0, 0.1) is 12.7 Å². The van der Waals surface area contributed by atoms with Gasteiger partial charge >= 0.3 is 6.09 Å². The summed E-state index contributed by atoms with van der Waals surface area (Å²) >= 11 is 6.08. The van der Waals surface area contributed by atoms with Crippen molar-refractivity contribution in [2.24, 2.45) is 0 Å². The number of carbonyl (C=O) groups is 1. The summed E-state index contributed by atoms with van der Waals surface area (Å²) in [6.07, 6.45) is 2.80. The molecule has 1 heterocycles. The van der Waals surface area contributed by atoms with Gasteiger partial charge in [0.05, 0.1) is 5.02 Å². The van der Waals surface area contributed by atoms with E-state index >= 15 is 0 Å². The molecular weight excluding hydrogens is 347 g/mol. The summed E-state index contributed by atoms with van der Waals surface area (Å²) < 4.78 is 24.2. The first-order chi connectivity index (χ1) is 11.6. The first kappa shape index (κ1) is 19.0. The molecule has 2 rings (SSSR count). The Morgan fingerprint density at radius 3 is 2.68 bits per heavy atom. The highest BCUT2D eigenvalue weighted by atomic mass is 35.5. The van der Waals surface area contributed by atoms with Crippen molar-refractivity contribution >= 4 is 29.8 Å². The molecule has 0 fully saturated rings. The summed E-state index contributed by atoms with van der Waals surface area (Å²) in [5, 5.41) is 6.63. The number of amides is 1. The molecule has 0 unspecified atom stereocenters. The maximum atomic E-state index is 14.1. The zero-order chi connectivity index (χ0) is 18.6. The van der Waals surface area contributed by atoms with E-state index < -0.39 is 17.5 Å². The van der Waals surface area contributed by atoms with Gasteiger partial charge in [-0.2, -0.15) is 0 Å². The number of halogens is 2. The second-order valence-corrected chi connectivity index (χ2v) is 6.92. The third kappa shape index (κ3) is 5.90. The minimum atomic E-state index is -0.619. The van der Waals surface area contributed by atoms with Crippen molar-refractivity contribution < 1.29 is 18.4 Å². The van der Waals surface area contributed by atoms with Gasteiger partial charge in [0, 0.05) is 18.2 Å². The minimum absolute atomic E-state index is 0.0121. The number of hydrogen-bond donors (Lipinski definition) is 1. The van der Waals surface area contributed by atoms with Crippen LogP contribution in [0.25, 0.3) is 12.2 Å². The van der Waals surface area contributed by atoms with Crippen molar-refractivity contribution in [2.45, 2.75) is 39.8 Å². The number of nitrogens with one attached hydrogen (secondary N) is 1. The molecule has 7 heteroatoms. The normalized spacial score (nSPS) is 11.8. The average Bonchev–Trinajstić information content (AvgIpc) is 2.89. The van der Waals surface area contributed by atoms with Gasteiger partial charge in [0.1, 0.15) is 22.9 Å². The molecule has 2 aromatic rings. The fraction of sp³-hybridized carbons (Fsp3) is 0.333. The molecule has 0 atom stereocenters. The highest BCUT2D eigenvalue weighted by Gasteiger charge is 2.16. The van der Waals surface area contributed by atoms with Crippen molar-refractivity contribution in [3.63, 3.8) is 0 Å². The largest absolute Gasteiger partial charge is 0.444 e. The van der Waals surface area contributed by atoms with Crippen molar-refractivity contribution in [2.75, 3.05) is 0 Å². The molecule has 0 saturated carbocycles. The molecule has 0 aliphatic rings. The van der Waals surface area contributed by atoms with Crippen LogP contribution >= 0.6 is 11.6 Å². The number of carbonyl (C=O) groups excluding carboxylic acids is 1. The summed E-state index contributed by atoms with van der Waals surface area (Å²) in [5.74, 6) is 0.183. The van der Waals surface area contributed by atoms with E-state index in [1.165, 1.54) is 6.07 Å². The lowest BCUT2D eigenvalue weighted by Crippen LogP contribution is -2.32. The summed E-state index contributed by atoms with van der Waals surface area (Å²) in [5.41, 5.74) is 0.911. The number of alkyl carbamates (subject to hydrolysis) is 1. The van der Waals surface area contributed by atoms with Crippen LogP contribution in [0.2, 0.25) is 5.02 Å². The summed E-state index contributed by atoms with van der Waals surface area (Å²) in [7, 11) is 0. The number of benzene rings is 1. The number of aromatic nitrogens is 1. The van der Waals surface area contributed by atoms with Gasteiger partial charge in [0.25, 0.3) is 0 Å². The third-order valence-corrected chi connectivity index (χ3v) is 3.39. The van der Waals surface area contributed by atoms with Crippen molar-refractivity contribution in [3.8, 4) is 0 Å². The van der Waals surface area contributed by atoms with E-state index in [0.717, 1.165) is 0 Å². The first-order valence-corrected chi connectivity index (χ1v) is 8.08. The Balaban J connectivity index is 2.11. The van der Waals surface area contributed by atoms with Crippen LogP contribution in [0.1, 0.15) is 43.4 Å². The van der Waals surface area contributed by atoms with Crippen molar-refractivity contribution in [1.29, 1.82) is 0 Å². The molecule has 1 aromatic heterocycles. The summed E-state index contributed by atoms with van der Waals surface area (Å²) in [6.45, 7) is 7.04. The lowest BCUT2D eigenvalue weighted by molar-refractivity contribution is 0.0523.